The molecule has 0 aliphatic carbocycles. The van der Waals surface area contributed by atoms with Gasteiger partial charge in [0.15, 0.2) is 0 Å². The van der Waals surface area contributed by atoms with Crippen LogP contribution in [0.2, 0.25) is 0 Å². The topological polar surface area (TPSA) is 71.1 Å². The number of rotatable bonds is 8. The summed E-state index contributed by atoms with van der Waals surface area (Å²) < 4.78 is 5.46. The van der Waals surface area contributed by atoms with Crippen molar-refractivity contribution in [3.63, 3.8) is 0 Å². The van der Waals surface area contributed by atoms with Crippen LogP contribution in [0, 0.1) is 11.3 Å². The maximum absolute atomic E-state index is 8.73. The highest BCUT2D eigenvalue weighted by atomic mass is 16.5. The molecule has 0 aromatic heterocycles. The lowest BCUT2D eigenvalue weighted by atomic mass is 10.2. The maximum atomic E-state index is 8.73. The lowest BCUT2D eigenvalue weighted by molar-refractivity contribution is 0.131. The molecule has 18 heavy (non-hydrogen) atoms. The van der Waals surface area contributed by atoms with Crippen molar-refractivity contribution in [1.82, 2.24) is 0 Å². The lowest BCUT2D eigenvalue weighted by Crippen LogP contribution is -2.07. The number of ether oxygens (including phenoxy) is 1. The predicted octanol–water partition coefficient (Wildman–Crippen LogP) is 2.76. The van der Waals surface area contributed by atoms with Gasteiger partial charge in [0.1, 0.15) is 0 Å². The smallest absolute Gasteiger partial charge is 0.0992 e. The molecule has 0 heterocycles. The molecule has 0 saturated heterocycles. The molecule has 0 saturated carbocycles. The molecule has 1 aromatic rings. The minimum atomic E-state index is 0.584. The van der Waals surface area contributed by atoms with Crippen LogP contribution in [0.1, 0.15) is 31.7 Å². The van der Waals surface area contributed by atoms with Crippen molar-refractivity contribution in [3.05, 3.63) is 23.8 Å². The van der Waals surface area contributed by atoms with Gasteiger partial charge in [-0.05, 0) is 31.0 Å². The van der Waals surface area contributed by atoms with Crippen molar-refractivity contribution in [3.8, 4) is 6.07 Å². The fraction of sp³-hybridized carbons (Fsp3) is 0.500. The van der Waals surface area contributed by atoms with E-state index in [0.717, 1.165) is 38.3 Å². The van der Waals surface area contributed by atoms with Crippen molar-refractivity contribution >= 4 is 11.4 Å². The van der Waals surface area contributed by atoms with Gasteiger partial charge in [-0.2, -0.15) is 5.26 Å². The average Bonchev–Trinajstić information content (AvgIpc) is 2.39. The minimum absolute atomic E-state index is 0.584. The second-order valence-electron chi connectivity index (χ2n) is 4.16. The van der Waals surface area contributed by atoms with Gasteiger partial charge in [0.2, 0.25) is 0 Å². The van der Waals surface area contributed by atoms with Crippen LogP contribution < -0.4 is 11.1 Å². The van der Waals surface area contributed by atoms with E-state index in [9.17, 15) is 0 Å². The largest absolute Gasteiger partial charge is 0.397 e. The second kappa shape index (κ2) is 8.37. The SMILES string of the molecule is CCCCOCCCNc1ccc(C#N)cc1N. The average molecular weight is 247 g/mol. The van der Waals surface area contributed by atoms with Gasteiger partial charge < -0.3 is 15.8 Å². The Bertz CT molecular complexity index is 399. The number of hydrogen-bond donors (Lipinski definition) is 2. The van der Waals surface area contributed by atoms with E-state index in [1.807, 2.05) is 6.07 Å². The Hall–Kier alpha value is -1.73. The van der Waals surface area contributed by atoms with E-state index in [-0.39, 0.29) is 0 Å². The van der Waals surface area contributed by atoms with Crippen molar-refractivity contribution in [2.75, 3.05) is 30.8 Å². The number of anilines is 2. The number of nitrogens with two attached hydrogens (primary N) is 1. The Morgan fingerprint density at radius 3 is 2.78 bits per heavy atom. The van der Waals surface area contributed by atoms with E-state index in [4.69, 9.17) is 15.7 Å². The molecule has 4 nitrogen and oxygen atoms in total. The molecule has 0 aliphatic rings. The Morgan fingerprint density at radius 1 is 1.33 bits per heavy atom. The monoisotopic (exact) mass is 247 g/mol. The van der Waals surface area contributed by atoms with E-state index in [1.165, 1.54) is 6.42 Å². The van der Waals surface area contributed by atoms with E-state index < -0.39 is 0 Å². The van der Waals surface area contributed by atoms with Crippen LogP contribution in [-0.4, -0.2) is 19.8 Å². The first-order valence-electron chi connectivity index (χ1n) is 6.39. The Kier molecular flexibility index (Phi) is 6.67. The highest BCUT2D eigenvalue weighted by molar-refractivity contribution is 5.68. The zero-order chi connectivity index (χ0) is 13.2. The van der Waals surface area contributed by atoms with E-state index in [0.29, 0.717) is 11.3 Å². The van der Waals surface area contributed by atoms with Crippen LogP contribution in [0.15, 0.2) is 18.2 Å². The summed E-state index contributed by atoms with van der Waals surface area (Å²) >= 11 is 0. The quantitative estimate of drug-likeness (QED) is 0.547. The number of nitrogens with zero attached hydrogens (tertiary/aromatic N) is 1. The van der Waals surface area contributed by atoms with Crippen LogP contribution in [0.3, 0.4) is 0 Å². The van der Waals surface area contributed by atoms with E-state index >= 15 is 0 Å². The standard InChI is InChI=1S/C14H21N3O/c1-2-3-8-18-9-4-7-17-14-6-5-12(11-15)10-13(14)16/h5-6,10,17H,2-4,7-9,16H2,1H3. The number of nitrogens with one attached hydrogen (secondary N) is 1. The highest BCUT2D eigenvalue weighted by Gasteiger charge is 1.99. The molecule has 1 aromatic carbocycles. The van der Waals surface area contributed by atoms with Crippen molar-refractivity contribution in [2.24, 2.45) is 0 Å². The molecular formula is C14H21N3O. The molecule has 1 rings (SSSR count). The number of nitriles is 1. The molecule has 0 bridgehead atoms. The molecule has 0 fully saturated rings. The Balaban J connectivity index is 2.21. The van der Waals surface area contributed by atoms with E-state index in [1.54, 1.807) is 12.1 Å². The van der Waals surface area contributed by atoms with Gasteiger partial charge in [-0.3, -0.25) is 0 Å². The number of benzene rings is 1. The van der Waals surface area contributed by atoms with Gasteiger partial charge in [-0.15, -0.1) is 0 Å². The summed E-state index contributed by atoms with van der Waals surface area (Å²) in [5, 5.41) is 12.0. The van der Waals surface area contributed by atoms with Crippen molar-refractivity contribution < 1.29 is 4.74 Å². The fourth-order valence-electron chi connectivity index (χ4n) is 1.54. The third-order valence-corrected chi connectivity index (χ3v) is 2.60. The Morgan fingerprint density at radius 2 is 2.11 bits per heavy atom. The summed E-state index contributed by atoms with van der Waals surface area (Å²) in [4.78, 5) is 0. The maximum Gasteiger partial charge on any atom is 0.0992 e. The molecule has 0 spiro atoms. The normalized spacial score (nSPS) is 10.0. The van der Waals surface area contributed by atoms with Crippen LogP contribution >= 0.6 is 0 Å². The first-order valence-corrected chi connectivity index (χ1v) is 6.39. The van der Waals surface area contributed by atoms with Crippen molar-refractivity contribution in [2.45, 2.75) is 26.2 Å². The predicted molar refractivity (Wildman–Crippen MR) is 74.4 cm³/mol. The van der Waals surface area contributed by atoms with Crippen LogP contribution in [0.4, 0.5) is 11.4 Å². The number of nitrogen functional groups attached to an aromatic ring is 1. The molecule has 0 aliphatic heterocycles. The fourth-order valence-corrected chi connectivity index (χ4v) is 1.54. The van der Waals surface area contributed by atoms with Crippen LogP contribution in [-0.2, 0) is 4.74 Å². The molecule has 0 amide bonds. The Labute approximate surface area is 109 Å². The number of unbranched alkanes of at least 4 members (excludes halogenated alkanes) is 1. The third-order valence-electron chi connectivity index (χ3n) is 2.60. The summed E-state index contributed by atoms with van der Waals surface area (Å²) in [5.74, 6) is 0. The first-order chi connectivity index (χ1) is 8.77. The summed E-state index contributed by atoms with van der Waals surface area (Å²) in [6, 6.07) is 7.34. The van der Waals surface area contributed by atoms with Crippen molar-refractivity contribution in [1.29, 1.82) is 5.26 Å². The number of hydrogen-bond acceptors (Lipinski definition) is 4. The highest BCUT2D eigenvalue weighted by Crippen LogP contribution is 2.19. The van der Waals surface area contributed by atoms with Gasteiger partial charge >= 0.3 is 0 Å². The summed E-state index contributed by atoms with van der Waals surface area (Å²) in [5.41, 5.74) is 7.91. The van der Waals surface area contributed by atoms with Crippen LogP contribution in [0.25, 0.3) is 0 Å². The van der Waals surface area contributed by atoms with Gasteiger partial charge in [-0.1, -0.05) is 13.3 Å². The van der Waals surface area contributed by atoms with E-state index in [2.05, 4.69) is 18.3 Å². The minimum Gasteiger partial charge on any atom is -0.397 e. The molecule has 98 valence electrons. The van der Waals surface area contributed by atoms with Gasteiger partial charge in [0.25, 0.3) is 0 Å². The molecule has 0 unspecified atom stereocenters. The first kappa shape index (κ1) is 14.3. The van der Waals surface area contributed by atoms with Gasteiger partial charge in [0, 0.05) is 19.8 Å². The molecule has 0 atom stereocenters. The third kappa shape index (κ3) is 5.07. The lowest BCUT2D eigenvalue weighted by Gasteiger charge is -2.09. The molecule has 3 N–H and O–H groups in total. The van der Waals surface area contributed by atoms with Crippen LogP contribution in [0.5, 0.6) is 0 Å². The summed E-state index contributed by atoms with van der Waals surface area (Å²) in [6.07, 6.45) is 3.24. The molecular weight excluding hydrogens is 226 g/mol. The van der Waals surface area contributed by atoms with Gasteiger partial charge in [0.05, 0.1) is 23.0 Å². The van der Waals surface area contributed by atoms with Gasteiger partial charge in [-0.25, -0.2) is 0 Å². The zero-order valence-electron chi connectivity index (χ0n) is 10.9. The summed E-state index contributed by atoms with van der Waals surface area (Å²) in [6.45, 7) is 4.58. The molecule has 0 radical (unpaired) electrons. The second-order valence-corrected chi connectivity index (χ2v) is 4.16. The zero-order valence-corrected chi connectivity index (χ0v) is 10.9. The molecule has 4 heteroatoms. The summed E-state index contributed by atoms with van der Waals surface area (Å²) in [7, 11) is 0.